The zero-order valence-corrected chi connectivity index (χ0v) is 10.8. The third-order valence-corrected chi connectivity index (χ3v) is 3.30. The summed E-state index contributed by atoms with van der Waals surface area (Å²) >= 11 is 0. The predicted octanol–water partition coefficient (Wildman–Crippen LogP) is 3.98. The summed E-state index contributed by atoms with van der Waals surface area (Å²) in [5, 5.41) is 9.31. The molecule has 0 fully saturated rings. The van der Waals surface area contributed by atoms with E-state index in [0.717, 1.165) is 22.3 Å². The van der Waals surface area contributed by atoms with Gasteiger partial charge in [0, 0.05) is 0 Å². The van der Waals surface area contributed by atoms with Crippen LogP contribution in [0.2, 0.25) is 0 Å². The van der Waals surface area contributed by atoms with Gasteiger partial charge in [-0.2, -0.15) is 0 Å². The van der Waals surface area contributed by atoms with Crippen LogP contribution in [0.25, 0.3) is 11.1 Å². The Bertz CT molecular complexity index is 612. The van der Waals surface area contributed by atoms with Crippen molar-refractivity contribution in [3.63, 3.8) is 0 Å². The smallest absolute Gasteiger partial charge is 0.336 e. The van der Waals surface area contributed by atoms with Crippen molar-refractivity contribution >= 4 is 5.97 Å². The Hall–Kier alpha value is -2.09. The van der Waals surface area contributed by atoms with E-state index in [4.69, 9.17) is 0 Å². The molecule has 92 valence electrons. The molecule has 1 N–H and O–H groups in total. The molecule has 2 heteroatoms. The van der Waals surface area contributed by atoms with Gasteiger partial charge in [0.2, 0.25) is 0 Å². The average molecular weight is 240 g/mol. The fourth-order valence-corrected chi connectivity index (χ4v) is 2.11. The van der Waals surface area contributed by atoms with Gasteiger partial charge in [0.25, 0.3) is 0 Å². The molecule has 0 aliphatic heterocycles. The quantitative estimate of drug-likeness (QED) is 0.862. The van der Waals surface area contributed by atoms with Crippen LogP contribution in [0, 0.1) is 20.8 Å². The summed E-state index contributed by atoms with van der Waals surface area (Å²) in [6.07, 6.45) is 0. The van der Waals surface area contributed by atoms with Crippen molar-refractivity contribution in [1.29, 1.82) is 0 Å². The van der Waals surface area contributed by atoms with Gasteiger partial charge in [0.15, 0.2) is 0 Å². The molecule has 2 nitrogen and oxygen atoms in total. The number of aromatic carboxylic acids is 1. The fraction of sp³-hybridized carbons (Fsp3) is 0.188. The Morgan fingerprint density at radius 2 is 1.72 bits per heavy atom. The van der Waals surface area contributed by atoms with Crippen LogP contribution in [0.15, 0.2) is 36.4 Å². The second-order valence-electron chi connectivity index (χ2n) is 4.60. The predicted molar refractivity (Wildman–Crippen MR) is 73.0 cm³/mol. The SMILES string of the molecule is Cc1ccc(-c2cccc(C)c2C)c(C(=O)O)c1. The van der Waals surface area contributed by atoms with E-state index in [0.29, 0.717) is 5.56 Å². The van der Waals surface area contributed by atoms with Crippen molar-refractivity contribution in [2.75, 3.05) is 0 Å². The first-order chi connectivity index (χ1) is 8.50. The normalized spacial score (nSPS) is 10.4. The zero-order valence-electron chi connectivity index (χ0n) is 10.8. The average Bonchev–Trinajstić information content (AvgIpc) is 2.33. The maximum absolute atomic E-state index is 11.3. The van der Waals surface area contributed by atoms with Gasteiger partial charge in [-0.3, -0.25) is 0 Å². The van der Waals surface area contributed by atoms with Gasteiger partial charge in [0.05, 0.1) is 5.56 Å². The number of carboxylic acid groups (broad SMARTS) is 1. The van der Waals surface area contributed by atoms with E-state index in [9.17, 15) is 9.90 Å². The minimum absolute atomic E-state index is 0.365. The standard InChI is InChI=1S/C16H16O2/c1-10-7-8-14(15(9-10)16(17)18)13-6-4-5-11(2)12(13)3/h4-9H,1-3H3,(H,17,18). The Balaban J connectivity index is 2.71. The van der Waals surface area contributed by atoms with Crippen LogP contribution in [0.5, 0.6) is 0 Å². The summed E-state index contributed by atoms with van der Waals surface area (Å²) in [4.78, 5) is 11.3. The van der Waals surface area contributed by atoms with E-state index in [2.05, 4.69) is 0 Å². The summed E-state index contributed by atoms with van der Waals surface area (Å²) in [6, 6.07) is 11.5. The highest BCUT2D eigenvalue weighted by atomic mass is 16.4. The Morgan fingerprint density at radius 1 is 1.00 bits per heavy atom. The molecule has 2 aromatic carbocycles. The Kier molecular flexibility index (Phi) is 3.19. The highest BCUT2D eigenvalue weighted by molar-refractivity contribution is 5.96. The molecule has 0 aliphatic rings. The molecular formula is C16H16O2. The number of hydrogen-bond acceptors (Lipinski definition) is 1. The number of hydrogen-bond donors (Lipinski definition) is 1. The summed E-state index contributed by atoms with van der Waals surface area (Å²) < 4.78 is 0. The van der Waals surface area contributed by atoms with E-state index in [1.54, 1.807) is 6.07 Å². The molecule has 0 bridgehead atoms. The van der Waals surface area contributed by atoms with Crippen molar-refractivity contribution in [2.45, 2.75) is 20.8 Å². The maximum Gasteiger partial charge on any atom is 0.336 e. The number of benzene rings is 2. The number of aryl methyl sites for hydroxylation is 2. The highest BCUT2D eigenvalue weighted by Crippen LogP contribution is 2.29. The molecule has 0 spiro atoms. The zero-order chi connectivity index (χ0) is 13.3. The lowest BCUT2D eigenvalue weighted by molar-refractivity contribution is 0.0697. The summed E-state index contributed by atoms with van der Waals surface area (Å²) in [5.74, 6) is -0.880. The Morgan fingerprint density at radius 3 is 2.39 bits per heavy atom. The van der Waals surface area contributed by atoms with Crippen molar-refractivity contribution in [1.82, 2.24) is 0 Å². The largest absolute Gasteiger partial charge is 0.478 e. The molecule has 0 atom stereocenters. The van der Waals surface area contributed by atoms with E-state index in [1.165, 1.54) is 5.56 Å². The van der Waals surface area contributed by atoms with Crippen LogP contribution < -0.4 is 0 Å². The number of carboxylic acids is 1. The Labute approximate surface area is 107 Å². The van der Waals surface area contributed by atoms with Gasteiger partial charge in [-0.05, 0) is 49.1 Å². The van der Waals surface area contributed by atoms with Crippen LogP contribution in [0.1, 0.15) is 27.0 Å². The topological polar surface area (TPSA) is 37.3 Å². The number of rotatable bonds is 2. The molecule has 0 heterocycles. The van der Waals surface area contributed by atoms with E-state index in [1.807, 2.05) is 51.1 Å². The van der Waals surface area contributed by atoms with Crippen LogP contribution in [0.3, 0.4) is 0 Å². The molecule has 0 saturated carbocycles. The summed E-state index contributed by atoms with van der Waals surface area (Å²) in [5.41, 5.74) is 5.40. The molecule has 0 radical (unpaired) electrons. The highest BCUT2D eigenvalue weighted by Gasteiger charge is 2.13. The third kappa shape index (κ3) is 2.14. The molecule has 0 unspecified atom stereocenters. The van der Waals surface area contributed by atoms with E-state index < -0.39 is 5.97 Å². The van der Waals surface area contributed by atoms with Crippen LogP contribution in [-0.4, -0.2) is 11.1 Å². The maximum atomic E-state index is 11.3. The van der Waals surface area contributed by atoms with Crippen molar-refractivity contribution in [3.05, 3.63) is 58.7 Å². The van der Waals surface area contributed by atoms with Crippen molar-refractivity contribution in [3.8, 4) is 11.1 Å². The third-order valence-electron chi connectivity index (χ3n) is 3.30. The second-order valence-corrected chi connectivity index (χ2v) is 4.60. The van der Waals surface area contributed by atoms with Crippen LogP contribution in [-0.2, 0) is 0 Å². The molecular weight excluding hydrogens is 224 g/mol. The van der Waals surface area contributed by atoms with Crippen molar-refractivity contribution < 1.29 is 9.90 Å². The second kappa shape index (κ2) is 4.65. The first kappa shape index (κ1) is 12.4. The lowest BCUT2D eigenvalue weighted by Gasteiger charge is -2.12. The summed E-state index contributed by atoms with van der Waals surface area (Å²) in [6.45, 7) is 5.96. The molecule has 0 aromatic heterocycles. The summed E-state index contributed by atoms with van der Waals surface area (Å²) in [7, 11) is 0. The van der Waals surface area contributed by atoms with Crippen LogP contribution in [0.4, 0.5) is 0 Å². The lowest BCUT2D eigenvalue weighted by atomic mass is 9.92. The van der Waals surface area contributed by atoms with Crippen LogP contribution >= 0.6 is 0 Å². The first-order valence-corrected chi connectivity index (χ1v) is 5.91. The van der Waals surface area contributed by atoms with E-state index in [-0.39, 0.29) is 0 Å². The van der Waals surface area contributed by atoms with Crippen molar-refractivity contribution in [2.24, 2.45) is 0 Å². The minimum Gasteiger partial charge on any atom is -0.478 e. The van der Waals surface area contributed by atoms with Gasteiger partial charge < -0.3 is 5.11 Å². The van der Waals surface area contributed by atoms with Gasteiger partial charge in [0.1, 0.15) is 0 Å². The first-order valence-electron chi connectivity index (χ1n) is 5.91. The van der Waals surface area contributed by atoms with Gasteiger partial charge in [-0.15, -0.1) is 0 Å². The molecule has 0 amide bonds. The molecule has 0 aliphatic carbocycles. The number of carbonyl (C=O) groups is 1. The minimum atomic E-state index is -0.880. The fourth-order valence-electron chi connectivity index (χ4n) is 2.11. The van der Waals surface area contributed by atoms with Gasteiger partial charge in [-0.25, -0.2) is 4.79 Å². The molecule has 18 heavy (non-hydrogen) atoms. The lowest BCUT2D eigenvalue weighted by Crippen LogP contribution is -2.01. The van der Waals surface area contributed by atoms with Gasteiger partial charge in [-0.1, -0.05) is 35.9 Å². The van der Waals surface area contributed by atoms with E-state index >= 15 is 0 Å². The van der Waals surface area contributed by atoms with Gasteiger partial charge >= 0.3 is 5.97 Å². The molecule has 2 aromatic rings. The monoisotopic (exact) mass is 240 g/mol. The molecule has 2 rings (SSSR count). The molecule has 0 saturated heterocycles.